The van der Waals surface area contributed by atoms with Gasteiger partial charge in [0.25, 0.3) is 0 Å². The van der Waals surface area contributed by atoms with Gasteiger partial charge in [-0.15, -0.1) is 10.2 Å². The van der Waals surface area contributed by atoms with Gasteiger partial charge in [0, 0.05) is 12.0 Å². The van der Waals surface area contributed by atoms with Crippen molar-refractivity contribution >= 4 is 22.5 Å². The number of anilines is 1. The SMILES string of the molecule is CC(C)C(O)C(C)(C)CNC(=O)Nc1nnc(C(F)(F)F)s1. The van der Waals surface area contributed by atoms with Crippen LogP contribution in [-0.4, -0.2) is 34.0 Å². The lowest BCUT2D eigenvalue weighted by atomic mass is 9.81. The second kappa shape index (κ2) is 6.78. The zero-order valence-corrected chi connectivity index (χ0v) is 13.5. The third-order valence-electron chi connectivity index (χ3n) is 3.02. The van der Waals surface area contributed by atoms with Crippen molar-refractivity contribution in [2.75, 3.05) is 11.9 Å². The van der Waals surface area contributed by atoms with Gasteiger partial charge in [0.15, 0.2) is 0 Å². The van der Waals surface area contributed by atoms with Crippen LogP contribution in [0.15, 0.2) is 0 Å². The summed E-state index contributed by atoms with van der Waals surface area (Å²) in [6.07, 6.45) is -5.22. The van der Waals surface area contributed by atoms with Gasteiger partial charge < -0.3 is 10.4 Å². The fourth-order valence-corrected chi connectivity index (χ4v) is 2.45. The number of amides is 2. The number of aliphatic hydroxyl groups excluding tert-OH is 1. The van der Waals surface area contributed by atoms with Gasteiger partial charge in [-0.05, 0) is 5.92 Å². The van der Waals surface area contributed by atoms with Crippen LogP contribution >= 0.6 is 11.3 Å². The number of nitrogens with one attached hydrogen (secondary N) is 2. The van der Waals surface area contributed by atoms with E-state index in [9.17, 15) is 23.1 Å². The first-order valence-corrected chi connectivity index (χ1v) is 7.39. The Morgan fingerprint density at radius 3 is 2.36 bits per heavy atom. The molecule has 1 aromatic rings. The van der Waals surface area contributed by atoms with Crippen LogP contribution < -0.4 is 10.6 Å². The van der Waals surface area contributed by atoms with Crippen LogP contribution in [0.1, 0.15) is 32.7 Å². The second-order valence-electron chi connectivity index (χ2n) is 5.90. The first kappa shape index (κ1) is 18.6. The van der Waals surface area contributed by atoms with E-state index >= 15 is 0 Å². The minimum absolute atomic E-state index is 0.0115. The van der Waals surface area contributed by atoms with Crippen LogP contribution in [0, 0.1) is 11.3 Å². The van der Waals surface area contributed by atoms with E-state index in [-0.39, 0.29) is 28.9 Å². The number of rotatable bonds is 5. The van der Waals surface area contributed by atoms with Crippen molar-refractivity contribution < 1.29 is 23.1 Å². The van der Waals surface area contributed by atoms with E-state index in [2.05, 4.69) is 20.8 Å². The largest absolute Gasteiger partial charge is 0.445 e. The molecule has 0 saturated carbocycles. The summed E-state index contributed by atoms with van der Waals surface area (Å²) in [4.78, 5) is 11.7. The molecule has 6 nitrogen and oxygen atoms in total. The minimum Gasteiger partial charge on any atom is -0.392 e. The molecule has 0 aliphatic heterocycles. The van der Waals surface area contributed by atoms with E-state index in [0.29, 0.717) is 0 Å². The average Bonchev–Trinajstić information content (AvgIpc) is 2.84. The monoisotopic (exact) mass is 340 g/mol. The summed E-state index contributed by atoms with van der Waals surface area (Å²) >= 11 is 0.244. The van der Waals surface area contributed by atoms with Crippen LogP contribution in [0.5, 0.6) is 0 Å². The van der Waals surface area contributed by atoms with Gasteiger partial charge in [0.1, 0.15) is 0 Å². The van der Waals surface area contributed by atoms with Crippen molar-refractivity contribution in [1.82, 2.24) is 15.5 Å². The number of aromatic nitrogens is 2. The molecule has 1 heterocycles. The molecule has 22 heavy (non-hydrogen) atoms. The smallest absolute Gasteiger partial charge is 0.392 e. The van der Waals surface area contributed by atoms with Gasteiger partial charge in [-0.1, -0.05) is 39.0 Å². The molecule has 0 aliphatic rings. The van der Waals surface area contributed by atoms with Gasteiger partial charge in [0.05, 0.1) is 6.10 Å². The molecule has 0 aliphatic carbocycles. The highest BCUT2D eigenvalue weighted by Crippen LogP contribution is 2.33. The van der Waals surface area contributed by atoms with Crippen molar-refractivity contribution in [3.05, 3.63) is 5.01 Å². The molecule has 0 saturated heterocycles. The fraction of sp³-hybridized carbons (Fsp3) is 0.750. The lowest BCUT2D eigenvalue weighted by molar-refractivity contribution is -0.138. The Kier molecular flexibility index (Phi) is 5.74. The summed E-state index contributed by atoms with van der Waals surface area (Å²) in [6, 6.07) is -0.700. The molecule has 0 fully saturated rings. The lowest BCUT2D eigenvalue weighted by Gasteiger charge is -2.33. The van der Waals surface area contributed by atoms with Crippen LogP contribution in [0.4, 0.5) is 23.1 Å². The highest BCUT2D eigenvalue weighted by Gasteiger charge is 2.36. The van der Waals surface area contributed by atoms with Crippen molar-refractivity contribution in [2.45, 2.75) is 40.0 Å². The predicted octanol–water partition coefficient (Wildman–Crippen LogP) is 2.72. The highest BCUT2D eigenvalue weighted by atomic mass is 32.1. The number of nitrogens with zero attached hydrogens (tertiary/aromatic N) is 2. The highest BCUT2D eigenvalue weighted by molar-refractivity contribution is 7.15. The lowest BCUT2D eigenvalue weighted by Crippen LogP contribution is -2.44. The summed E-state index contributed by atoms with van der Waals surface area (Å²) in [6.45, 7) is 7.43. The maximum atomic E-state index is 12.4. The van der Waals surface area contributed by atoms with Crippen LogP contribution in [-0.2, 0) is 6.18 Å². The molecule has 1 rings (SSSR count). The second-order valence-corrected chi connectivity index (χ2v) is 6.87. The molecule has 0 aromatic carbocycles. The zero-order chi connectivity index (χ0) is 17.1. The van der Waals surface area contributed by atoms with Crippen LogP contribution in [0.2, 0.25) is 0 Å². The van der Waals surface area contributed by atoms with Crippen molar-refractivity contribution in [2.24, 2.45) is 11.3 Å². The molecule has 1 aromatic heterocycles. The number of carbonyl (C=O) groups is 1. The van der Waals surface area contributed by atoms with Crippen LogP contribution in [0.3, 0.4) is 0 Å². The molecular weight excluding hydrogens is 321 g/mol. The molecule has 3 N–H and O–H groups in total. The van der Waals surface area contributed by atoms with E-state index in [1.165, 1.54) is 0 Å². The molecule has 0 radical (unpaired) electrons. The normalized spacial score (nSPS) is 14.0. The molecular formula is C12H19F3N4O2S. The molecule has 126 valence electrons. The summed E-state index contributed by atoms with van der Waals surface area (Å²) in [5, 5.41) is 19.6. The van der Waals surface area contributed by atoms with E-state index in [1.807, 2.05) is 13.8 Å². The molecule has 0 spiro atoms. The predicted molar refractivity (Wildman–Crippen MR) is 76.6 cm³/mol. The molecule has 1 atom stereocenters. The van der Waals surface area contributed by atoms with Crippen molar-refractivity contribution in [3.8, 4) is 0 Å². The number of alkyl halides is 3. The number of hydrogen-bond acceptors (Lipinski definition) is 5. The maximum Gasteiger partial charge on any atom is 0.445 e. The minimum atomic E-state index is -4.59. The van der Waals surface area contributed by atoms with Gasteiger partial charge in [-0.3, -0.25) is 5.32 Å². The fourth-order valence-electron chi connectivity index (χ4n) is 1.84. The Morgan fingerprint density at radius 1 is 1.32 bits per heavy atom. The Morgan fingerprint density at radius 2 is 1.91 bits per heavy atom. The number of urea groups is 1. The number of hydrogen-bond donors (Lipinski definition) is 3. The number of carbonyl (C=O) groups excluding carboxylic acids is 1. The van der Waals surface area contributed by atoms with Crippen molar-refractivity contribution in [3.63, 3.8) is 0 Å². The van der Waals surface area contributed by atoms with Crippen molar-refractivity contribution in [1.29, 1.82) is 0 Å². The third-order valence-corrected chi connectivity index (χ3v) is 3.91. The standard InChI is InChI=1S/C12H19F3N4O2S/c1-6(2)7(20)11(3,4)5-16-9(21)17-10-19-18-8(22-10)12(13,14)15/h6-7,20H,5H2,1-4H3,(H2,16,17,19,21). The van der Waals surface area contributed by atoms with Gasteiger partial charge in [-0.2, -0.15) is 13.2 Å². The molecule has 10 heteroatoms. The summed E-state index contributed by atoms with van der Waals surface area (Å²) in [5.74, 6) is 0.0115. The Balaban J connectivity index is 2.55. The first-order chi connectivity index (χ1) is 9.93. The Labute approximate surface area is 130 Å². The Hall–Kier alpha value is -1.42. The van der Waals surface area contributed by atoms with Gasteiger partial charge in [-0.25, -0.2) is 4.79 Å². The number of aliphatic hydroxyl groups is 1. The Bertz CT molecular complexity index is 517. The third kappa shape index (κ3) is 5.09. The molecule has 2 amide bonds. The van der Waals surface area contributed by atoms with E-state index in [0.717, 1.165) is 0 Å². The van der Waals surface area contributed by atoms with Gasteiger partial charge in [0.2, 0.25) is 10.1 Å². The first-order valence-electron chi connectivity index (χ1n) is 6.57. The summed E-state index contributed by atoms with van der Waals surface area (Å²) in [5.41, 5.74) is -0.580. The van der Waals surface area contributed by atoms with E-state index < -0.39 is 28.7 Å². The summed E-state index contributed by atoms with van der Waals surface area (Å²) < 4.78 is 37.1. The summed E-state index contributed by atoms with van der Waals surface area (Å²) in [7, 11) is 0. The van der Waals surface area contributed by atoms with E-state index in [4.69, 9.17) is 0 Å². The van der Waals surface area contributed by atoms with Gasteiger partial charge >= 0.3 is 12.2 Å². The quantitative estimate of drug-likeness (QED) is 0.769. The maximum absolute atomic E-state index is 12.4. The molecule has 1 unspecified atom stereocenters. The van der Waals surface area contributed by atoms with E-state index in [1.54, 1.807) is 13.8 Å². The zero-order valence-electron chi connectivity index (χ0n) is 12.7. The van der Waals surface area contributed by atoms with Crippen LogP contribution in [0.25, 0.3) is 0 Å². The average molecular weight is 340 g/mol. The topological polar surface area (TPSA) is 87.1 Å². The molecule has 0 bridgehead atoms. The number of halogens is 3.